The molecular formula is C17H15N3OS2. The number of amides is 1. The van der Waals surface area contributed by atoms with Gasteiger partial charge in [0.2, 0.25) is 0 Å². The molecule has 4 nitrogen and oxygen atoms in total. The van der Waals surface area contributed by atoms with E-state index in [9.17, 15) is 4.79 Å². The first-order chi connectivity index (χ1) is 11.2. The summed E-state index contributed by atoms with van der Waals surface area (Å²) < 4.78 is 1.09. The smallest absolute Gasteiger partial charge is 0.271 e. The Labute approximate surface area is 143 Å². The van der Waals surface area contributed by atoms with Crippen LogP contribution in [-0.2, 0) is 6.54 Å². The Morgan fingerprint density at radius 2 is 1.74 bits per heavy atom. The van der Waals surface area contributed by atoms with E-state index in [1.807, 2.05) is 60.0 Å². The standard InChI is InChI=1S/C17H15N3OS2/c21-16(14-11-23-15-9-5-4-8-13(14)15)19-20-17(22)18-10-12-6-2-1-3-7-12/h1-9,11H,10H2,(H,19,21)(H2,18,20,22). The molecule has 0 fully saturated rings. The second-order valence-electron chi connectivity index (χ2n) is 4.89. The molecule has 0 bridgehead atoms. The van der Waals surface area contributed by atoms with E-state index in [-0.39, 0.29) is 5.91 Å². The number of carbonyl (C=O) groups is 1. The maximum atomic E-state index is 12.2. The van der Waals surface area contributed by atoms with Gasteiger partial charge in [-0.05, 0) is 23.8 Å². The van der Waals surface area contributed by atoms with Crippen LogP contribution in [0.3, 0.4) is 0 Å². The van der Waals surface area contributed by atoms with Crippen molar-refractivity contribution in [3.05, 3.63) is 71.1 Å². The molecule has 0 spiro atoms. The highest BCUT2D eigenvalue weighted by atomic mass is 32.1. The van der Waals surface area contributed by atoms with Gasteiger partial charge in [0, 0.05) is 22.0 Å². The number of nitrogens with one attached hydrogen (secondary N) is 3. The van der Waals surface area contributed by atoms with Crippen molar-refractivity contribution in [1.82, 2.24) is 16.2 Å². The zero-order valence-corrected chi connectivity index (χ0v) is 13.8. The summed E-state index contributed by atoms with van der Waals surface area (Å²) in [6, 6.07) is 17.7. The van der Waals surface area contributed by atoms with Gasteiger partial charge < -0.3 is 5.32 Å². The Balaban J connectivity index is 1.53. The maximum Gasteiger partial charge on any atom is 0.271 e. The van der Waals surface area contributed by atoms with Crippen molar-refractivity contribution >= 4 is 44.7 Å². The average molecular weight is 341 g/mol. The molecule has 3 aromatic rings. The lowest BCUT2D eigenvalue weighted by molar-refractivity contribution is 0.0945. The Hall–Kier alpha value is -2.44. The molecule has 0 radical (unpaired) electrons. The van der Waals surface area contributed by atoms with Gasteiger partial charge >= 0.3 is 0 Å². The lowest BCUT2D eigenvalue weighted by atomic mass is 10.2. The molecule has 3 N–H and O–H groups in total. The molecule has 0 aliphatic heterocycles. The first-order valence-electron chi connectivity index (χ1n) is 7.08. The molecule has 6 heteroatoms. The zero-order chi connectivity index (χ0) is 16.1. The van der Waals surface area contributed by atoms with Crippen LogP contribution in [0.15, 0.2) is 60.0 Å². The Bertz CT molecular complexity index is 830. The van der Waals surface area contributed by atoms with Gasteiger partial charge in [-0.3, -0.25) is 15.6 Å². The van der Waals surface area contributed by atoms with Gasteiger partial charge in [0.15, 0.2) is 5.11 Å². The summed E-state index contributed by atoms with van der Waals surface area (Å²) in [5.41, 5.74) is 7.12. The van der Waals surface area contributed by atoms with Crippen molar-refractivity contribution in [2.24, 2.45) is 0 Å². The molecule has 1 aromatic heterocycles. The van der Waals surface area contributed by atoms with Crippen molar-refractivity contribution in [2.75, 3.05) is 0 Å². The molecule has 2 aromatic carbocycles. The zero-order valence-electron chi connectivity index (χ0n) is 12.2. The van der Waals surface area contributed by atoms with Gasteiger partial charge in [0.25, 0.3) is 5.91 Å². The van der Waals surface area contributed by atoms with Crippen LogP contribution in [0.4, 0.5) is 0 Å². The van der Waals surface area contributed by atoms with Crippen molar-refractivity contribution in [3.8, 4) is 0 Å². The second kappa shape index (κ2) is 7.21. The number of hydrogen-bond acceptors (Lipinski definition) is 3. The predicted molar refractivity (Wildman–Crippen MR) is 98.3 cm³/mol. The van der Waals surface area contributed by atoms with Gasteiger partial charge in [0.05, 0.1) is 5.56 Å². The van der Waals surface area contributed by atoms with Crippen LogP contribution in [0.2, 0.25) is 0 Å². The summed E-state index contributed by atoms with van der Waals surface area (Å²) in [5.74, 6) is -0.202. The van der Waals surface area contributed by atoms with Gasteiger partial charge in [-0.15, -0.1) is 11.3 Å². The first-order valence-corrected chi connectivity index (χ1v) is 8.37. The molecule has 0 atom stereocenters. The topological polar surface area (TPSA) is 53.2 Å². The fourth-order valence-corrected chi connectivity index (χ4v) is 3.22. The van der Waals surface area contributed by atoms with Gasteiger partial charge in [0.1, 0.15) is 0 Å². The van der Waals surface area contributed by atoms with Crippen molar-refractivity contribution < 1.29 is 4.79 Å². The number of thiophene rings is 1. The predicted octanol–water partition coefficient (Wildman–Crippen LogP) is 3.21. The largest absolute Gasteiger partial charge is 0.357 e. The van der Waals surface area contributed by atoms with Gasteiger partial charge in [-0.2, -0.15) is 0 Å². The van der Waals surface area contributed by atoms with Crippen LogP contribution in [0.25, 0.3) is 10.1 Å². The normalized spacial score (nSPS) is 10.3. The second-order valence-corrected chi connectivity index (χ2v) is 6.21. The molecule has 3 rings (SSSR count). The van der Waals surface area contributed by atoms with Crippen molar-refractivity contribution in [2.45, 2.75) is 6.54 Å². The van der Waals surface area contributed by atoms with E-state index < -0.39 is 0 Å². The lowest BCUT2D eigenvalue weighted by Gasteiger charge is -2.11. The lowest BCUT2D eigenvalue weighted by Crippen LogP contribution is -2.46. The minimum Gasteiger partial charge on any atom is -0.357 e. The highest BCUT2D eigenvalue weighted by Gasteiger charge is 2.11. The number of benzene rings is 2. The van der Waals surface area contributed by atoms with Crippen LogP contribution < -0.4 is 16.2 Å². The third-order valence-electron chi connectivity index (χ3n) is 3.31. The van der Waals surface area contributed by atoms with Crippen molar-refractivity contribution in [3.63, 3.8) is 0 Å². The highest BCUT2D eigenvalue weighted by Crippen LogP contribution is 2.25. The number of rotatable bonds is 3. The summed E-state index contributed by atoms with van der Waals surface area (Å²) in [5, 5.41) is 6.22. The highest BCUT2D eigenvalue weighted by molar-refractivity contribution is 7.80. The van der Waals surface area contributed by atoms with Crippen LogP contribution >= 0.6 is 23.6 Å². The summed E-state index contributed by atoms with van der Waals surface area (Å²) in [6.45, 7) is 0.601. The van der Waals surface area contributed by atoms with Crippen LogP contribution in [-0.4, -0.2) is 11.0 Å². The molecule has 0 saturated carbocycles. The molecule has 23 heavy (non-hydrogen) atoms. The van der Waals surface area contributed by atoms with Gasteiger partial charge in [-0.25, -0.2) is 0 Å². The summed E-state index contributed by atoms with van der Waals surface area (Å²) in [4.78, 5) is 12.2. The molecule has 0 saturated heterocycles. The average Bonchev–Trinajstić information content (AvgIpc) is 3.03. The number of hydrogen-bond donors (Lipinski definition) is 3. The third-order valence-corrected chi connectivity index (χ3v) is 4.52. The van der Waals surface area contributed by atoms with E-state index in [1.165, 1.54) is 0 Å². The first kappa shape index (κ1) is 15.5. The van der Waals surface area contributed by atoms with Crippen LogP contribution in [0.1, 0.15) is 15.9 Å². The SMILES string of the molecule is O=C(NNC(=S)NCc1ccccc1)c1csc2ccccc12. The summed E-state index contributed by atoms with van der Waals surface area (Å²) in [6.07, 6.45) is 0. The van der Waals surface area contributed by atoms with Crippen molar-refractivity contribution in [1.29, 1.82) is 0 Å². The minimum atomic E-state index is -0.202. The monoisotopic (exact) mass is 341 g/mol. The number of hydrazine groups is 1. The molecule has 1 heterocycles. The molecular weight excluding hydrogens is 326 g/mol. The third kappa shape index (κ3) is 3.85. The van der Waals surface area contributed by atoms with Crippen LogP contribution in [0.5, 0.6) is 0 Å². The summed E-state index contributed by atoms with van der Waals surface area (Å²) >= 11 is 6.71. The van der Waals surface area contributed by atoms with E-state index in [0.29, 0.717) is 17.2 Å². The molecule has 116 valence electrons. The van der Waals surface area contributed by atoms with E-state index in [0.717, 1.165) is 15.6 Å². The number of carbonyl (C=O) groups excluding carboxylic acids is 1. The Morgan fingerprint density at radius 1 is 1.00 bits per heavy atom. The number of fused-ring (bicyclic) bond motifs is 1. The fraction of sp³-hybridized carbons (Fsp3) is 0.0588. The summed E-state index contributed by atoms with van der Waals surface area (Å²) in [7, 11) is 0. The molecule has 0 aliphatic carbocycles. The number of thiocarbonyl (C=S) groups is 1. The fourth-order valence-electron chi connectivity index (χ4n) is 2.16. The molecule has 1 amide bonds. The molecule has 0 aliphatic rings. The Morgan fingerprint density at radius 3 is 2.57 bits per heavy atom. The van der Waals surface area contributed by atoms with E-state index in [2.05, 4.69) is 16.2 Å². The quantitative estimate of drug-likeness (QED) is 0.506. The van der Waals surface area contributed by atoms with Gasteiger partial charge in [-0.1, -0.05) is 48.5 Å². The Kier molecular flexibility index (Phi) is 4.85. The minimum absolute atomic E-state index is 0.202. The van der Waals surface area contributed by atoms with E-state index in [4.69, 9.17) is 12.2 Å². The van der Waals surface area contributed by atoms with E-state index in [1.54, 1.807) is 11.3 Å². The maximum absolute atomic E-state index is 12.2. The van der Waals surface area contributed by atoms with E-state index >= 15 is 0 Å². The van der Waals surface area contributed by atoms with Crippen LogP contribution in [0, 0.1) is 0 Å². The molecule has 0 unspecified atom stereocenters.